The third-order valence-electron chi connectivity index (χ3n) is 4.92. The molecule has 0 fully saturated rings. The number of carbonyl (C=O) groups is 1. The third-order valence-corrected chi connectivity index (χ3v) is 5.89. The Balaban J connectivity index is 1.56. The first-order valence-electron chi connectivity index (χ1n) is 10.1. The molecule has 0 bridgehead atoms. The van der Waals surface area contributed by atoms with Crippen LogP contribution in [0.4, 0.5) is 4.39 Å². The van der Waals surface area contributed by atoms with Crippen LogP contribution in [0.25, 0.3) is 22.1 Å². The number of amides is 1. The summed E-state index contributed by atoms with van der Waals surface area (Å²) in [6.45, 7) is 2.86. The molecule has 4 aromatic rings. The van der Waals surface area contributed by atoms with E-state index in [1.807, 2.05) is 31.2 Å². The number of aromatic nitrogens is 2. The van der Waals surface area contributed by atoms with Crippen LogP contribution in [0.5, 0.6) is 0 Å². The zero-order chi connectivity index (χ0) is 21.8. The molecule has 160 valence electrons. The molecule has 2 heterocycles. The smallest absolute Gasteiger partial charge is 0.297 e. The van der Waals surface area contributed by atoms with E-state index >= 15 is 0 Å². The lowest BCUT2D eigenvalue weighted by Gasteiger charge is -2.11. The summed E-state index contributed by atoms with van der Waals surface area (Å²) in [4.78, 5) is 30.1. The van der Waals surface area contributed by atoms with Gasteiger partial charge in [0, 0.05) is 18.5 Å². The molecule has 0 aliphatic heterocycles. The van der Waals surface area contributed by atoms with Gasteiger partial charge in [-0.05, 0) is 36.2 Å². The third kappa shape index (κ3) is 4.64. The molecule has 0 saturated heterocycles. The van der Waals surface area contributed by atoms with Gasteiger partial charge in [0.05, 0.1) is 5.75 Å². The summed E-state index contributed by atoms with van der Waals surface area (Å²) in [6, 6.07) is 13.4. The van der Waals surface area contributed by atoms with E-state index in [9.17, 15) is 14.0 Å². The highest BCUT2D eigenvalue weighted by atomic mass is 32.2. The number of furan rings is 1. The molecule has 2 aromatic heterocycles. The van der Waals surface area contributed by atoms with Gasteiger partial charge in [-0.15, -0.1) is 0 Å². The van der Waals surface area contributed by atoms with Crippen molar-refractivity contribution in [2.45, 2.75) is 38.0 Å². The molecule has 0 aliphatic carbocycles. The van der Waals surface area contributed by atoms with Gasteiger partial charge >= 0.3 is 0 Å². The number of fused-ring (bicyclic) bond motifs is 3. The fourth-order valence-electron chi connectivity index (χ4n) is 3.26. The minimum absolute atomic E-state index is 0.112. The maximum atomic E-state index is 13.1. The molecule has 6 nitrogen and oxygen atoms in total. The Morgan fingerprint density at radius 3 is 2.74 bits per heavy atom. The van der Waals surface area contributed by atoms with Crippen molar-refractivity contribution in [3.63, 3.8) is 0 Å². The number of hydrogen-bond donors (Lipinski definition) is 1. The molecule has 1 N–H and O–H groups in total. The molecular weight excluding hydrogens is 417 g/mol. The van der Waals surface area contributed by atoms with Crippen LogP contribution < -0.4 is 10.9 Å². The van der Waals surface area contributed by atoms with E-state index in [-0.39, 0.29) is 28.6 Å². The van der Waals surface area contributed by atoms with Crippen molar-refractivity contribution in [2.75, 3.05) is 5.75 Å². The van der Waals surface area contributed by atoms with Crippen molar-refractivity contribution >= 4 is 39.7 Å². The van der Waals surface area contributed by atoms with E-state index in [2.05, 4.69) is 10.3 Å². The van der Waals surface area contributed by atoms with Crippen LogP contribution in [0.1, 0.15) is 25.3 Å². The summed E-state index contributed by atoms with van der Waals surface area (Å²) in [7, 11) is 0. The van der Waals surface area contributed by atoms with Crippen LogP contribution in [0.3, 0.4) is 0 Å². The summed E-state index contributed by atoms with van der Waals surface area (Å²) in [5.74, 6) is -0.396. The number of nitrogens with zero attached hydrogens (tertiary/aromatic N) is 2. The second-order valence-corrected chi connectivity index (χ2v) is 8.12. The Hall–Kier alpha value is -3.13. The van der Waals surface area contributed by atoms with Gasteiger partial charge in [-0.3, -0.25) is 14.2 Å². The van der Waals surface area contributed by atoms with Crippen molar-refractivity contribution in [2.24, 2.45) is 0 Å². The molecule has 0 atom stereocenters. The minimum atomic E-state index is -0.316. The van der Waals surface area contributed by atoms with E-state index in [1.54, 1.807) is 16.7 Å². The standard InChI is InChI=1S/C23H22FN3O3S/c1-2-3-12-27-22(29)21-20(17-6-4-5-7-18(17)30-21)26-23(27)31-14-19(28)25-13-15-8-10-16(24)11-9-15/h4-11H,2-3,12-14H2,1H3,(H,25,28). The zero-order valence-electron chi connectivity index (χ0n) is 17.1. The van der Waals surface area contributed by atoms with Gasteiger partial charge in [0.2, 0.25) is 11.5 Å². The van der Waals surface area contributed by atoms with Crippen LogP contribution in [-0.2, 0) is 17.9 Å². The number of nitrogens with one attached hydrogen (secondary N) is 1. The van der Waals surface area contributed by atoms with E-state index in [1.165, 1.54) is 23.9 Å². The molecular formula is C23H22FN3O3S. The Bertz CT molecular complexity index is 1280. The number of hydrogen-bond acceptors (Lipinski definition) is 5. The normalized spacial score (nSPS) is 11.3. The van der Waals surface area contributed by atoms with Crippen molar-refractivity contribution < 1.29 is 13.6 Å². The molecule has 0 spiro atoms. The number of benzene rings is 2. The fourth-order valence-corrected chi connectivity index (χ4v) is 4.11. The SMILES string of the molecule is CCCCn1c(SCC(=O)NCc2ccc(F)cc2)nc2c(oc3ccccc32)c1=O. The maximum absolute atomic E-state index is 13.1. The molecule has 4 rings (SSSR count). The van der Waals surface area contributed by atoms with Crippen LogP contribution in [-0.4, -0.2) is 21.2 Å². The molecule has 0 radical (unpaired) electrons. The van der Waals surface area contributed by atoms with E-state index in [0.29, 0.717) is 29.3 Å². The number of carbonyl (C=O) groups excluding carboxylic acids is 1. The highest BCUT2D eigenvalue weighted by Crippen LogP contribution is 2.27. The quantitative estimate of drug-likeness (QED) is 0.323. The molecule has 8 heteroatoms. The number of halogens is 1. The van der Waals surface area contributed by atoms with Gasteiger partial charge in [-0.2, -0.15) is 0 Å². The van der Waals surface area contributed by atoms with Gasteiger partial charge in [-0.1, -0.05) is 49.4 Å². The van der Waals surface area contributed by atoms with Gasteiger partial charge in [0.1, 0.15) is 16.9 Å². The second-order valence-electron chi connectivity index (χ2n) is 7.17. The van der Waals surface area contributed by atoms with E-state index < -0.39 is 0 Å². The Labute approximate surface area is 182 Å². The van der Waals surface area contributed by atoms with Crippen molar-refractivity contribution in [1.82, 2.24) is 14.9 Å². The average molecular weight is 440 g/mol. The Kier molecular flexibility index (Phi) is 6.36. The minimum Gasteiger partial charge on any atom is -0.448 e. The predicted octanol–water partition coefficient (Wildman–Crippen LogP) is 4.49. The molecule has 0 saturated carbocycles. The molecule has 2 aromatic carbocycles. The molecule has 0 unspecified atom stereocenters. The largest absolute Gasteiger partial charge is 0.448 e. The lowest BCUT2D eigenvalue weighted by Crippen LogP contribution is -2.26. The monoisotopic (exact) mass is 439 g/mol. The molecule has 0 aliphatic rings. The number of para-hydroxylation sites is 1. The molecule has 31 heavy (non-hydrogen) atoms. The van der Waals surface area contributed by atoms with E-state index in [4.69, 9.17) is 4.42 Å². The highest BCUT2D eigenvalue weighted by Gasteiger charge is 2.18. The maximum Gasteiger partial charge on any atom is 0.297 e. The highest BCUT2D eigenvalue weighted by molar-refractivity contribution is 7.99. The first kappa shape index (κ1) is 21.1. The second kappa shape index (κ2) is 9.34. The van der Waals surface area contributed by atoms with Gasteiger partial charge in [0.25, 0.3) is 5.56 Å². The van der Waals surface area contributed by atoms with Crippen LogP contribution in [0, 0.1) is 5.82 Å². The van der Waals surface area contributed by atoms with Crippen LogP contribution in [0.2, 0.25) is 0 Å². The van der Waals surface area contributed by atoms with Crippen LogP contribution in [0.15, 0.2) is 62.9 Å². The zero-order valence-corrected chi connectivity index (χ0v) is 17.9. The van der Waals surface area contributed by atoms with Gasteiger partial charge in [0.15, 0.2) is 5.16 Å². The van der Waals surface area contributed by atoms with Crippen molar-refractivity contribution in [3.05, 3.63) is 70.3 Å². The summed E-state index contributed by atoms with van der Waals surface area (Å²) in [5.41, 5.74) is 1.95. The number of thioether (sulfide) groups is 1. The lowest BCUT2D eigenvalue weighted by molar-refractivity contribution is -0.118. The summed E-state index contributed by atoms with van der Waals surface area (Å²) < 4.78 is 20.4. The number of unbranched alkanes of at least 4 members (excludes halogenated alkanes) is 1. The first-order valence-corrected chi connectivity index (χ1v) is 11.1. The Morgan fingerprint density at radius 2 is 1.97 bits per heavy atom. The topological polar surface area (TPSA) is 77.1 Å². The predicted molar refractivity (Wildman–Crippen MR) is 120 cm³/mol. The fraction of sp³-hybridized carbons (Fsp3) is 0.261. The van der Waals surface area contributed by atoms with Gasteiger partial charge < -0.3 is 9.73 Å². The van der Waals surface area contributed by atoms with Crippen molar-refractivity contribution in [1.29, 1.82) is 0 Å². The summed E-state index contributed by atoms with van der Waals surface area (Å²) in [6.07, 6.45) is 1.74. The average Bonchev–Trinajstić information content (AvgIpc) is 3.16. The first-order chi connectivity index (χ1) is 15.1. The van der Waals surface area contributed by atoms with E-state index in [0.717, 1.165) is 23.8 Å². The molecule has 1 amide bonds. The summed E-state index contributed by atoms with van der Waals surface area (Å²) in [5, 5.41) is 4.08. The van der Waals surface area contributed by atoms with Gasteiger partial charge in [-0.25, -0.2) is 9.37 Å². The van der Waals surface area contributed by atoms with Crippen molar-refractivity contribution in [3.8, 4) is 0 Å². The number of rotatable bonds is 8. The lowest BCUT2D eigenvalue weighted by atomic mass is 10.2. The summed E-state index contributed by atoms with van der Waals surface area (Å²) >= 11 is 1.22. The van der Waals surface area contributed by atoms with Crippen LogP contribution >= 0.6 is 11.8 Å². The Morgan fingerprint density at radius 1 is 1.19 bits per heavy atom.